The van der Waals surface area contributed by atoms with Crippen LogP contribution in [0.15, 0.2) is 42.5 Å². The van der Waals surface area contributed by atoms with Gasteiger partial charge in [0.15, 0.2) is 11.5 Å². The van der Waals surface area contributed by atoms with Crippen molar-refractivity contribution in [2.75, 3.05) is 21.3 Å². The monoisotopic (exact) mass is 395 g/mol. The summed E-state index contributed by atoms with van der Waals surface area (Å²) >= 11 is 0. The van der Waals surface area contributed by atoms with Crippen molar-refractivity contribution in [3.63, 3.8) is 0 Å². The van der Waals surface area contributed by atoms with Crippen molar-refractivity contribution >= 4 is 12.0 Å². The van der Waals surface area contributed by atoms with Gasteiger partial charge < -0.3 is 19.5 Å². The molecule has 8 heteroatoms. The van der Waals surface area contributed by atoms with E-state index in [1.807, 2.05) is 0 Å². The van der Waals surface area contributed by atoms with Crippen molar-refractivity contribution in [2.24, 2.45) is 0 Å². The summed E-state index contributed by atoms with van der Waals surface area (Å²) in [4.78, 5) is 12.0. The molecule has 150 valence electrons. The van der Waals surface area contributed by atoms with Crippen LogP contribution < -0.4 is 19.5 Å². The van der Waals surface area contributed by atoms with E-state index in [2.05, 4.69) is 5.32 Å². The molecule has 2 aromatic rings. The van der Waals surface area contributed by atoms with Gasteiger partial charge in [-0.3, -0.25) is 4.79 Å². The maximum atomic E-state index is 12.5. The number of methoxy groups -OCH3 is 3. The Hall–Kier alpha value is -3.16. The summed E-state index contributed by atoms with van der Waals surface area (Å²) in [5.41, 5.74) is 0.478. The molecule has 0 aliphatic carbocycles. The number of rotatable bonds is 7. The summed E-state index contributed by atoms with van der Waals surface area (Å²) in [6.45, 7) is 0.108. The smallest absolute Gasteiger partial charge is 0.416 e. The molecule has 1 N–H and O–H groups in total. The minimum absolute atomic E-state index is 0.108. The predicted molar refractivity (Wildman–Crippen MR) is 98.4 cm³/mol. The number of ether oxygens (including phenoxy) is 3. The second-order valence-corrected chi connectivity index (χ2v) is 5.70. The zero-order chi connectivity index (χ0) is 20.7. The van der Waals surface area contributed by atoms with Crippen molar-refractivity contribution in [1.29, 1.82) is 0 Å². The molecule has 0 heterocycles. The number of hydrogen-bond acceptors (Lipinski definition) is 4. The van der Waals surface area contributed by atoms with Crippen molar-refractivity contribution in [2.45, 2.75) is 12.7 Å². The minimum atomic E-state index is -4.38. The Morgan fingerprint density at radius 2 is 1.57 bits per heavy atom. The first kappa shape index (κ1) is 21.1. The first-order valence-electron chi connectivity index (χ1n) is 8.20. The molecule has 0 bridgehead atoms. The lowest BCUT2D eigenvalue weighted by Crippen LogP contribution is -2.20. The van der Waals surface area contributed by atoms with Crippen molar-refractivity contribution in [3.8, 4) is 17.2 Å². The topological polar surface area (TPSA) is 56.8 Å². The molecule has 0 radical (unpaired) electrons. The van der Waals surface area contributed by atoms with Gasteiger partial charge in [-0.25, -0.2) is 0 Å². The molecule has 0 saturated carbocycles. The number of amides is 1. The van der Waals surface area contributed by atoms with Gasteiger partial charge >= 0.3 is 6.18 Å². The number of halogens is 3. The standard InChI is InChI=1S/C20H20F3NO4/c1-26-16-10-14(11-17(27-2)19(16)28-3)6-9-18(25)24-12-13-4-7-15(8-5-13)20(21,22)23/h4-11H,12H2,1-3H3,(H,24,25)/b9-6+. The van der Waals surface area contributed by atoms with E-state index in [-0.39, 0.29) is 6.54 Å². The van der Waals surface area contributed by atoms with Gasteiger partial charge in [0.25, 0.3) is 0 Å². The third kappa shape index (κ3) is 5.42. The van der Waals surface area contributed by atoms with Crippen LogP contribution in [0.4, 0.5) is 13.2 Å². The Bertz CT molecular complexity index is 821. The molecular weight excluding hydrogens is 375 g/mol. The maximum absolute atomic E-state index is 12.5. The van der Waals surface area contributed by atoms with Crippen molar-refractivity contribution < 1.29 is 32.2 Å². The molecule has 1 amide bonds. The van der Waals surface area contributed by atoms with Gasteiger partial charge in [0.2, 0.25) is 11.7 Å². The molecule has 28 heavy (non-hydrogen) atoms. The predicted octanol–water partition coefficient (Wildman–Crippen LogP) is 4.06. The first-order chi connectivity index (χ1) is 13.3. The van der Waals surface area contributed by atoms with Crippen LogP contribution in [-0.4, -0.2) is 27.2 Å². The Labute approximate surface area is 160 Å². The van der Waals surface area contributed by atoms with Gasteiger partial charge in [-0.2, -0.15) is 13.2 Å². The molecule has 0 spiro atoms. The SMILES string of the molecule is COc1cc(/C=C/C(=O)NCc2ccc(C(F)(F)F)cc2)cc(OC)c1OC. The molecule has 2 aromatic carbocycles. The largest absolute Gasteiger partial charge is 0.493 e. The zero-order valence-electron chi connectivity index (χ0n) is 15.6. The van der Waals surface area contributed by atoms with Crippen LogP contribution in [0.2, 0.25) is 0 Å². The van der Waals surface area contributed by atoms with Crippen LogP contribution >= 0.6 is 0 Å². The third-order valence-electron chi connectivity index (χ3n) is 3.86. The lowest BCUT2D eigenvalue weighted by Gasteiger charge is -2.12. The highest BCUT2D eigenvalue weighted by Crippen LogP contribution is 2.38. The molecule has 0 saturated heterocycles. The second-order valence-electron chi connectivity index (χ2n) is 5.70. The van der Waals surface area contributed by atoms with Gasteiger partial charge in [0.05, 0.1) is 26.9 Å². The zero-order valence-corrected chi connectivity index (χ0v) is 15.6. The van der Waals surface area contributed by atoms with Gasteiger partial charge in [0.1, 0.15) is 0 Å². The molecule has 0 aliphatic rings. The maximum Gasteiger partial charge on any atom is 0.416 e. The average molecular weight is 395 g/mol. The van der Waals surface area contributed by atoms with Crippen LogP contribution in [0.1, 0.15) is 16.7 Å². The van der Waals surface area contributed by atoms with Crippen molar-refractivity contribution in [3.05, 3.63) is 59.2 Å². The normalized spacial score (nSPS) is 11.4. The summed E-state index contributed by atoms with van der Waals surface area (Å²) in [6.07, 6.45) is -1.51. The van der Waals surface area contributed by atoms with E-state index >= 15 is 0 Å². The highest BCUT2D eigenvalue weighted by Gasteiger charge is 2.29. The minimum Gasteiger partial charge on any atom is -0.493 e. The van der Waals surface area contributed by atoms with Gasteiger partial charge in [-0.1, -0.05) is 12.1 Å². The van der Waals surface area contributed by atoms with Crippen LogP contribution in [0.25, 0.3) is 6.08 Å². The summed E-state index contributed by atoms with van der Waals surface area (Å²) in [5, 5.41) is 2.61. The number of alkyl halides is 3. The Kier molecular flexibility index (Phi) is 6.92. The van der Waals surface area contributed by atoms with E-state index < -0.39 is 17.6 Å². The van der Waals surface area contributed by atoms with E-state index in [1.54, 1.807) is 18.2 Å². The molecular formula is C20H20F3NO4. The van der Waals surface area contributed by atoms with Gasteiger partial charge in [-0.15, -0.1) is 0 Å². The number of carbonyl (C=O) groups is 1. The average Bonchev–Trinajstić information content (AvgIpc) is 2.69. The molecule has 0 aromatic heterocycles. The number of carbonyl (C=O) groups excluding carboxylic acids is 1. The fraction of sp³-hybridized carbons (Fsp3) is 0.250. The van der Waals surface area contributed by atoms with Gasteiger partial charge in [-0.05, 0) is 41.5 Å². The lowest BCUT2D eigenvalue weighted by atomic mass is 10.1. The molecule has 0 aliphatic heterocycles. The molecule has 0 fully saturated rings. The van der Waals surface area contributed by atoms with E-state index in [1.165, 1.54) is 39.5 Å². The van der Waals surface area contributed by atoms with E-state index in [9.17, 15) is 18.0 Å². The Morgan fingerprint density at radius 1 is 1.00 bits per heavy atom. The van der Waals surface area contributed by atoms with E-state index in [0.29, 0.717) is 28.4 Å². The number of hydrogen-bond donors (Lipinski definition) is 1. The molecule has 0 atom stereocenters. The number of benzene rings is 2. The van der Waals surface area contributed by atoms with Crippen LogP contribution in [-0.2, 0) is 17.5 Å². The summed E-state index contributed by atoms with van der Waals surface area (Å²) in [7, 11) is 4.47. The van der Waals surface area contributed by atoms with E-state index in [4.69, 9.17) is 14.2 Å². The quantitative estimate of drug-likeness (QED) is 0.719. The Balaban J connectivity index is 2.02. The van der Waals surface area contributed by atoms with Crippen LogP contribution in [0.5, 0.6) is 17.2 Å². The van der Waals surface area contributed by atoms with Crippen molar-refractivity contribution in [1.82, 2.24) is 5.32 Å². The van der Waals surface area contributed by atoms with Gasteiger partial charge in [0, 0.05) is 12.6 Å². The fourth-order valence-corrected chi connectivity index (χ4v) is 2.43. The highest BCUT2D eigenvalue weighted by atomic mass is 19.4. The molecule has 2 rings (SSSR count). The first-order valence-corrected chi connectivity index (χ1v) is 8.20. The lowest BCUT2D eigenvalue weighted by molar-refractivity contribution is -0.137. The third-order valence-corrected chi connectivity index (χ3v) is 3.86. The number of nitrogens with one attached hydrogen (secondary N) is 1. The van der Waals surface area contributed by atoms with Crippen LogP contribution in [0, 0.1) is 0 Å². The fourth-order valence-electron chi connectivity index (χ4n) is 2.43. The second kappa shape index (κ2) is 9.16. The molecule has 5 nitrogen and oxygen atoms in total. The van der Waals surface area contributed by atoms with Crippen LogP contribution in [0.3, 0.4) is 0 Å². The summed E-state index contributed by atoms with van der Waals surface area (Å²) < 4.78 is 53.4. The van der Waals surface area contributed by atoms with E-state index in [0.717, 1.165) is 12.1 Å². The summed E-state index contributed by atoms with van der Waals surface area (Å²) in [5.74, 6) is 0.945. The Morgan fingerprint density at radius 3 is 2.04 bits per heavy atom. The summed E-state index contributed by atoms with van der Waals surface area (Å²) in [6, 6.07) is 7.97. The molecule has 0 unspecified atom stereocenters. The highest BCUT2D eigenvalue weighted by molar-refractivity contribution is 5.91.